The van der Waals surface area contributed by atoms with E-state index < -0.39 is 0 Å². The molecule has 3 aromatic heterocycles. The number of rotatable bonds is 7. The summed E-state index contributed by atoms with van der Waals surface area (Å²) >= 11 is 0. The molecule has 0 atom stereocenters. The number of nitrogens with zero attached hydrogens (tertiary/aromatic N) is 6. The Kier molecular flexibility index (Phi) is 11.0. The Balaban J connectivity index is 1.26. The van der Waals surface area contributed by atoms with E-state index >= 15 is 0 Å². The largest absolute Gasteiger partial charge is 0.308 e. The van der Waals surface area contributed by atoms with Crippen LogP contribution in [-0.4, -0.2) is 24.1 Å². The molecule has 6 heteroatoms. The van der Waals surface area contributed by atoms with E-state index in [9.17, 15) is 5.26 Å². The molecular formula is C68H56N6. The van der Waals surface area contributed by atoms with Crippen molar-refractivity contribution >= 4 is 43.6 Å². The second-order valence-electron chi connectivity index (χ2n) is 20.6. The molecule has 0 unspecified atom stereocenters. The highest BCUT2D eigenvalue weighted by molar-refractivity contribution is 6.14. The van der Waals surface area contributed by atoms with Gasteiger partial charge in [0.05, 0.1) is 50.6 Å². The molecule has 12 rings (SSSR count). The van der Waals surface area contributed by atoms with Crippen LogP contribution in [0.2, 0.25) is 0 Å². The molecule has 0 amide bonds. The quantitative estimate of drug-likeness (QED) is 0.160. The van der Waals surface area contributed by atoms with Crippen LogP contribution < -0.4 is 0 Å². The lowest BCUT2D eigenvalue weighted by Crippen LogP contribution is -2.08. The lowest BCUT2D eigenvalue weighted by Gasteiger charge is -2.21. The van der Waals surface area contributed by atoms with Crippen LogP contribution in [0, 0.1) is 80.6 Å². The SMILES string of the molecule is Cc1ccc(-c2ccc3c4ccc(-c5ccc(C)cc5C)cc4n(-c4cc(C#N)cc(-n5c6cc(-c7ccc(C)cc7C)ccc6c6ccc(-c7ccc(C)cc7C)cc65)c4-c4nc(C)nc(C)n4)c3c2)c(C)c1. The average Bonchev–Trinajstić information content (AvgIpc) is 3.88. The van der Waals surface area contributed by atoms with Gasteiger partial charge in [-0.3, -0.25) is 0 Å². The van der Waals surface area contributed by atoms with E-state index in [1.807, 2.05) is 26.0 Å². The summed E-state index contributed by atoms with van der Waals surface area (Å²) in [4.78, 5) is 15.2. The van der Waals surface area contributed by atoms with Crippen LogP contribution in [0.1, 0.15) is 61.7 Å². The summed E-state index contributed by atoms with van der Waals surface area (Å²) < 4.78 is 4.74. The Labute approximate surface area is 432 Å². The molecule has 12 aromatic rings. The number of hydrogen-bond acceptors (Lipinski definition) is 4. The third-order valence-electron chi connectivity index (χ3n) is 15.1. The minimum Gasteiger partial charge on any atom is -0.308 e. The van der Waals surface area contributed by atoms with Gasteiger partial charge in [0.15, 0.2) is 5.82 Å². The Morgan fingerprint density at radius 1 is 0.338 bits per heavy atom. The highest BCUT2D eigenvalue weighted by Crippen LogP contribution is 2.45. The van der Waals surface area contributed by atoms with Crippen molar-refractivity contribution < 1.29 is 0 Å². The number of fused-ring (bicyclic) bond motifs is 6. The third kappa shape index (κ3) is 7.75. The molecule has 0 spiro atoms. The minimum absolute atomic E-state index is 0.512. The Morgan fingerprint density at radius 3 is 0.905 bits per heavy atom. The van der Waals surface area contributed by atoms with Gasteiger partial charge in [-0.15, -0.1) is 0 Å². The van der Waals surface area contributed by atoms with Gasteiger partial charge in [-0.25, -0.2) is 15.0 Å². The van der Waals surface area contributed by atoms with Crippen molar-refractivity contribution in [2.24, 2.45) is 0 Å². The predicted molar refractivity (Wildman–Crippen MR) is 308 cm³/mol. The highest BCUT2D eigenvalue weighted by atomic mass is 15.1. The maximum absolute atomic E-state index is 11.4. The van der Waals surface area contributed by atoms with E-state index in [-0.39, 0.29) is 0 Å². The summed E-state index contributed by atoms with van der Waals surface area (Å²) in [5.74, 6) is 1.75. The lowest BCUT2D eigenvalue weighted by molar-refractivity contribution is 0.924. The number of aromatic nitrogens is 5. The molecule has 0 N–H and O–H groups in total. The second-order valence-corrected chi connectivity index (χ2v) is 20.6. The Hall–Kier alpha value is -8.92. The van der Waals surface area contributed by atoms with E-state index in [1.165, 1.54) is 66.8 Å². The van der Waals surface area contributed by atoms with Crippen LogP contribution in [0.3, 0.4) is 0 Å². The standard InChI is InChI=1S/C68H56N6/c1-38-11-19-53(42(5)27-38)49-15-23-57-58-24-16-50(54-20-12-39(2)28-43(54)6)34-62(58)73(61(57)33-49)65-31-48(37-69)32-66(67(65)68-71-46(9)70-47(10)72-68)74-63-35-51(55-21-13-40(3)29-44(55)7)17-25-59(63)60-26-18-52(36-64(60)74)56-22-14-41(4)30-45(56)8/h11-36H,1-10H3. The summed E-state index contributed by atoms with van der Waals surface area (Å²) in [7, 11) is 0. The fourth-order valence-electron chi connectivity index (χ4n) is 11.8. The summed E-state index contributed by atoms with van der Waals surface area (Å²) in [6.07, 6.45) is 0. The Morgan fingerprint density at radius 2 is 0.635 bits per heavy atom. The molecule has 0 aliphatic heterocycles. The molecular weight excluding hydrogens is 901 g/mol. The van der Waals surface area contributed by atoms with E-state index in [1.54, 1.807) is 0 Å². The highest BCUT2D eigenvalue weighted by Gasteiger charge is 2.27. The van der Waals surface area contributed by atoms with Gasteiger partial charge in [0, 0.05) is 21.5 Å². The zero-order valence-corrected chi connectivity index (χ0v) is 43.7. The molecule has 0 fully saturated rings. The van der Waals surface area contributed by atoms with E-state index in [2.05, 4.69) is 216 Å². The van der Waals surface area contributed by atoms with Gasteiger partial charge in [-0.1, -0.05) is 144 Å². The third-order valence-corrected chi connectivity index (χ3v) is 15.1. The van der Waals surface area contributed by atoms with Crippen molar-refractivity contribution in [3.05, 3.63) is 219 Å². The molecule has 358 valence electrons. The maximum atomic E-state index is 11.4. The molecule has 9 aromatic carbocycles. The van der Waals surface area contributed by atoms with E-state index in [0.717, 1.165) is 82.8 Å². The van der Waals surface area contributed by atoms with Crippen LogP contribution >= 0.6 is 0 Å². The molecule has 0 bridgehead atoms. The average molecular weight is 957 g/mol. The summed E-state index contributed by atoms with van der Waals surface area (Å²) in [6, 6.07) is 60.7. The summed E-state index contributed by atoms with van der Waals surface area (Å²) in [5, 5.41) is 15.8. The van der Waals surface area contributed by atoms with Crippen LogP contribution in [0.15, 0.2) is 158 Å². The number of nitriles is 1. The van der Waals surface area contributed by atoms with Gasteiger partial charge < -0.3 is 9.13 Å². The second kappa shape index (κ2) is 17.7. The first-order chi connectivity index (χ1) is 35.7. The molecule has 0 saturated carbocycles. The molecule has 3 heterocycles. The van der Waals surface area contributed by atoms with Crippen LogP contribution in [0.25, 0.3) is 111 Å². The molecule has 0 aliphatic rings. The first-order valence-corrected chi connectivity index (χ1v) is 25.5. The monoisotopic (exact) mass is 956 g/mol. The van der Waals surface area contributed by atoms with Gasteiger partial charge in [0.25, 0.3) is 0 Å². The minimum atomic E-state index is 0.512. The van der Waals surface area contributed by atoms with Gasteiger partial charge >= 0.3 is 0 Å². The van der Waals surface area contributed by atoms with Crippen LogP contribution in [-0.2, 0) is 0 Å². The molecule has 6 nitrogen and oxygen atoms in total. The normalized spacial score (nSPS) is 11.6. The van der Waals surface area contributed by atoms with Crippen molar-refractivity contribution in [1.29, 1.82) is 5.26 Å². The topological polar surface area (TPSA) is 72.3 Å². The smallest absolute Gasteiger partial charge is 0.167 e. The summed E-state index contributed by atoms with van der Waals surface area (Å²) in [6.45, 7) is 21.2. The molecule has 0 saturated heterocycles. The van der Waals surface area contributed by atoms with Gasteiger partial charge in [-0.2, -0.15) is 5.26 Å². The molecule has 0 aliphatic carbocycles. The van der Waals surface area contributed by atoms with Gasteiger partial charge in [-0.05, 0) is 172 Å². The molecule has 74 heavy (non-hydrogen) atoms. The van der Waals surface area contributed by atoms with Crippen molar-refractivity contribution in [3.63, 3.8) is 0 Å². The van der Waals surface area contributed by atoms with Gasteiger partial charge in [0.1, 0.15) is 11.6 Å². The van der Waals surface area contributed by atoms with Gasteiger partial charge in [0.2, 0.25) is 0 Å². The van der Waals surface area contributed by atoms with E-state index in [0.29, 0.717) is 23.0 Å². The number of benzene rings is 9. The Bertz CT molecular complexity index is 3900. The number of aryl methyl sites for hydroxylation is 10. The first-order valence-electron chi connectivity index (χ1n) is 25.5. The van der Waals surface area contributed by atoms with Crippen molar-refractivity contribution in [2.75, 3.05) is 0 Å². The van der Waals surface area contributed by atoms with Crippen molar-refractivity contribution in [1.82, 2.24) is 24.1 Å². The lowest BCUT2D eigenvalue weighted by atomic mass is 9.96. The zero-order chi connectivity index (χ0) is 51.3. The number of hydrogen-bond donors (Lipinski definition) is 0. The fourth-order valence-corrected chi connectivity index (χ4v) is 11.8. The maximum Gasteiger partial charge on any atom is 0.167 e. The van der Waals surface area contributed by atoms with Crippen molar-refractivity contribution in [2.45, 2.75) is 69.2 Å². The van der Waals surface area contributed by atoms with Crippen LogP contribution in [0.5, 0.6) is 0 Å². The van der Waals surface area contributed by atoms with Crippen LogP contribution in [0.4, 0.5) is 0 Å². The predicted octanol–water partition coefficient (Wildman–Crippen LogP) is 17.4. The summed E-state index contributed by atoms with van der Waals surface area (Å²) in [5.41, 5.74) is 25.8. The zero-order valence-electron chi connectivity index (χ0n) is 43.7. The van der Waals surface area contributed by atoms with Crippen molar-refractivity contribution in [3.8, 4) is 73.3 Å². The first kappa shape index (κ1) is 46.2. The van der Waals surface area contributed by atoms with E-state index in [4.69, 9.17) is 15.0 Å². The molecule has 0 radical (unpaired) electrons. The fraction of sp³-hybridized carbons (Fsp3) is 0.147.